The lowest BCUT2D eigenvalue weighted by Gasteiger charge is -2.11. The number of nitro benzene ring substituents is 1. The van der Waals surface area contributed by atoms with E-state index in [9.17, 15) is 23.7 Å². The number of hydrogen-bond acceptors (Lipinski definition) is 5. The van der Waals surface area contributed by atoms with Gasteiger partial charge in [0, 0.05) is 18.7 Å². The SMILES string of the molecule is COc1cc(CCNC(=O)Cc2ccc([N+](=O)[O-])cc2)ccc1OC(F)F. The number of carbonyl (C=O) groups is 1. The number of rotatable bonds is 9. The highest BCUT2D eigenvalue weighted by atomic mass is 19.3. The zero-order valence-electron chi connectivity index (χ0n) is 14.5. The first-order valence-corrected chi connectivity index (χ1v) is 8.01. The number of nitro groups is 1. The number of carbonyl (C=O) groups excluding carboxylic acids is 1. The highest BCUT2D eigenvalue weighted by Crippen LogP contribution is 2.29. The highest BCUT2D eigenvalue weighted by molar-refractivity contribution is 5.78. The third kappa shape index (κ3) is 6.21. The fourth-order valence-electron chi connectivity index (χ4n) is 2.39. The standard InChI is InChI=1S/C18H18F2N2O5/c1-26-16-10-13(4-7-15(16)27-18(19)20)8-9-21-17(23)11-12-2-5-14(6-3-12)22(24)25/h2-7,10,18H,8-9,11H2,1H3,(H,21,23). The van der Waals surface area contributed by atoms with Crippen LogP contribution in [0.4, 0.5) is 14.5 Å². The minimum atomic E-state index is -2.94. The van der Waals surface area contributed by atoms with Gasteiger partial charge in [-0.25, -0.2) is 0 Å². The van der Waals surface area contributed by atoms with Gasteiger partial charge >= 0.3 is 6.61 Å². The molecule has 2 aromatic rings. The van der Waals surface area contributed by atoms with Crippen LogP contribution in [0.3, 0.4) is 0 Å². The molecule has 0 unspecified atom stereocenters. The van der Waals surface area contributed by atoms with E-state index >= 15 is 0 Å². The van der Waals surface area contributed by atoms with Crippen LogP contribution in [0.1, 0.15) is 11.1 Å². The average Bonchev–Trinajstić information content (AvgIpc) is 2.62. The number of benzene rings is 2. The molecule has 2 rings (SSSR count). The summed E-state index contributed by atoms with van der Waals surface area (Å²) in [6, 6.07) is 10.3. The van der Waals surface area contributed by atoms with Crippen LogP contribution in [-0.4, -0.2) is 31.1 Å². The Hall–Kier alpha value is -3.23. The molecule has 0 saturated heterocycles. The van der Waals surface area contributed by atoms with Crippen LogP contribution in [-0.2, 0) is 17.6 Å². The van der Waals surface area contributed by atoms with Gasteiger partial charge in [0.25, 0.3) is 5.69 Å². The van der Waals surface area contributed by atoms with Crippen molar-refractivity contribution >= 4 is 11.6 Å². The lowest BCUT2D eigenvalue weighted by atomic mass is 10.1. The Morgan fingerprint density at radius 3 is 2.41 bits per heavy atom. The number of ether oxygens (including phenoxy) is 2. The average molecular weight is 380 g/mol. The first-order valence-electron chi connectivity index (χ1n) is 8.01. The number of amides is 1. The molecule has 0 saturated carbocycles. The monoisotopic (exact) mass is 380 g/mol. The summed E-state index contributed by atoms with van der Waals surface area (Å²) in [6.45, 7) is -2.60. The number of nitrogens with zero attached hydrogens (tertiary/aromatic N) is 1. The molecule has 0 fully saturated rings. The zero-order chi connectivity index (χ0) is 19.8. The molecule has 2 aromatic carbocycles. The second-order valence-corrected chi connectivity index (χ2v) is 5.56. The van der Waals surface area contributed by atoms with Crippen molar-refractivity contribution in [2.45, 2.75) is 19.5 Å². The first kappa shape index (κ1) is 20.1. The summed E-state index contributed by atoms with van der Waals surface area (Å²) in [7, 11) is 1.35. The van der Waals surface area contributed by atoms with Crippen molar-refractivity contribution in [1.29, 1.82) is 0 Å². The molecule has 1 N–H and O–H groups in total. The molecule has 0 heterocycles. The van der Waals surface area contributed by atoms with Gasteiger partial charge in [0.05, 0.1) is 18.5 Å². The van der Waals surface area contributed by atoms with Gasteiger partial charge < -0.3 is 14.8 Å². The second kappa shape index (κ2) is 9.46. The van der Waals surface area contributed by atoms with Crippen molar-refractivity contribution in [3.63, 3.8) is 0 Å². The molecule has 27 heavy (non-hydrogen) atoms. The summed E-state index contributed by atoms with van der Waals surface area (Å²) >= 11 is 0. The van der Waals surface area contributed by atoms with E-state index in [1.54, 1.807) is 12.1 Å². The normalized spacial score (nSPS) is 10.5. The van der Waals surface area contributed by atoms with Crippen molar-refractivity contribution in [3.05, 3.63) is 63.7 Å². The van der Waals surface area contributed by atoms with Crippen LogP contribution in [0.5, 0.6) is 11.5 Å². The van der Waals surface area contributed by atoms with Crippen LogP contribution >= 0.6 is 0 Å². The number of nitrogens with one attached hydrogen (secondary N) is 1. The Morgan fingerprint density at radius 2 is 1.81 bits per heavy atom. The Morgan fingerprint density at radius 1 is 1.15 bits per heavy atom. The predicted octanol–water partition coefficient (Wildman–Crippen LogP) is 3.11. The molecule has 7 nitrogen and oxygen atoms in total. The molecular formula is C18H18F2N2O5. The maximum absolute atomic E-state index is 12.3. The summed E-state index contributed by atoms with van der Waals surface area (Å²) < 4.78 is 34.0. The van der Waals surface area contributed by atoms with Gasteiger partial charge in [-0.1, -0.05) is 18.2 Å². The number of alkyl halides is 2. The fraction of sp³-hybridized carbons (Fsp3) is 0.278. The largest absolute Gasteiger partial charge is 0.493 e. The van der Waals surface area contributed by atoms with Crippen LogP contribution in [0.25, 0.3) is 0 Å². The summed E-state index contributed by atoms with van der Waals surface area (Å²) in [5.41, 5.74) is 1.41. The van der Waals surface area contributed by atoms with Crippen LogP contribution in [0, 0.1) is 10.1 Å². The zero-order valence-corrected chi connectivity index (χ0v) is 14.5. The molecule has 0 spiro atoms. The molecule has 0 bridgehead atoms. The Balaban J connectivity index is 1.84. The Labute approximate surface area is 154 Å². The molecule has 1 amide bonds. The quantitative estimate of drug-likeness (QED) is 0.533. The van der Waals surface area contributed by atoms with E-state index in [0.29, 0.717) is 18.5 Å². The molecule has 0 aromatic heterocycles. The van der Waals surface area contributed by atoms with E-state index in [1.165, 1.54) is 37.4 Å². The molecule has 0 radical (unpaired) electrons. The summed E-state index contributed by atoms with van der Waals surface area (Å²) in [5, 5.41) is 13.3. The summed E-state index contributed by atoms with van der Waals surface area (Å²) in [6.07, 6.45) is 0.569. The van der Waals surface area contributed by atoms with Crippen molar-refractivity contribution in [2.24, 2.45) is 0 Å². The van der Waals surface area contributed by atoms with E-state index in [1.807, 2.05) is 0 Å². The van der Waals surface area contributed by atoms with Crippen LogP contribution in [0.2, 0.25) is 0 Å². The van der Waals surface area contributed by atoms with Gasteiger partial charge in [0.15, 0.2) is 11.5 Å². The maximum atomic E-state index is 12.3. The molecule has 9 heteroatoms. The third-order valence-corrected chi connectivity index (χ3v) is 3.69. The lowest BCUT2D eigenvalue weighted by molar-refractivity contribution is -0.384. The molecule has 0 atom stereocenters. The summed E-state index contributed by atoms with van der Waals surface area (Å²) in [5.74, 6) is -0.100. The number of halogens is 2. The van der Waals surface area contributed by atoms with E-state index in [4.69, 9.17) is 4.74 Å². The minimum Gasteiger partial charge on any atom is -0.493 e. The summed E-state index contributed by atoms with van der Waals surface area (Å²) in [4.78, 5) is 22.0. The molecule has 0 aliphatic rings. The van der Waals surface area contributed by atoms with Crippen molar-refractivity contribution < 1.29 is 28.0 Å². The van der Waals surface area contributed by atoms with Crippen molar-refractivity contribution in [1.82, 2.24) is 5.32 Å². The lowest BCUT2D eigenvalue weighted by Crippen LogP contribution is -2.27. The number of hydrogen-bond donors (Lipinski definition) is 1. The van der Waals surface area contributed by atoms with Crippen molar-refractivity contribution in [3.8, 4) is 11.5 Å². The van der Waals surface area contributed by atoms with Gasteiger partial charge in [-0.15, -0.1) is 0 Å². The maximum Gasteiger partial charge on any atom is 0.387 e. The second-order valence-electron chi connectivity index (χ2n) is 5.56. The molecule has 0 aliphatic carbocycles. The Bertz CT molecular complexity index is 797. The van der Waals surface area contributed by atoms with Crippen molar-refractivity contribution in [2.75, 3.05) is 13.7 Å². The molecule has 0 aliphatic heterocycles. The van der Waals surface area contributed by atoms with Gasteiger partial charge in [-0.3, -0.25) is 14.9 Å². The van der Waals surface area contributed by atoms with Gasteiger partial charge in [0.2, 0.25) is 5.91 Å². The molecule has 144 valence electrons. The topological polar surface area (TPSA) is 90.7 Å². The predicted molar refractivity (Wildman–Crippen MR) is 93.1 cm³/mol. The fourth-order valence-corrected chi connectivity index (χ4v) is 2.39. The first-order chi connectivity index (χ1) is 12.9. The minimum absolute atomic E-state index is 0.0348. The van der Waals surface area contributed by atoms with Gasteiger partial charge in [-0.2, -0.15) is 8.78 Å². The van der Waals surface area contributed by atoms with Gasteiger partial charge in [0.1, 0.15) is 0 Å². The molecular weight excluding hydrogens is 362 g/mol. The highest BCUT2D eigenvalue weighted by Gasteiger charge is 2.11. The number of methoxy groups -OCH3 is 1. The smallest absolute Gasteiger partial charge is 0.387 e. The third-order valence-electron chi connectivity index (χ3n) is 3.69. The van der Waals surface area contributed by atoms with Crippen LogP contribution in [0.15, 0.2) is 42.5 Å². The van der Waals surface area contributed by atoms with Crippen LogP contribution < -0.4 is 14.8 Å². The number of non-ortho nitro benzene ring substituents is 1. The Kier molecular flexibility index (Phi) is 7.04. The van der Waals surface area contributed by atoms with E-state index in [-0.39, 0.29) is 29.5 Å². The van der Waals surface area contributed by atoms with Gasteiger partial charge in [-0.05, 0) is 29.7 Å². The van der Waals surface area contributed by atoms with E-state index in [0.717, 1.165) is 5.56 Å². The van der Waals surface area contributed by atoms with E-state index < -0.39 is 11.5 Å². The van der Waals surface area contributed by atoms with E-state index in [2.05, 4.69) is 10.1 Å².